The molecule has 0 aliphatic carbocycles. The number of hydrogen-bond donors (Lipinski definition) is 3. The van der Waals surface area contributed by atoms with E-state index in [4.69, 9.17) is 10.2 Å². The van der Waals surface area contributed by atoms with Gasteiger partial charge in [-0.15, -0.1) is 0 Å². The van der Waals surface area contributed by atoms with Crippen LogP contribution in [0.4, 0.5) is 5.69 Å². The molecular formula is C14H10BrNO6S. The van der Waals surface area contributed by atoms with Gasteiger partial charge < -0.3 is 10.2 Å². The number of benzene rings is 2. The highest BCUT2D eigenvalue weighted by atomic mass is 79.9. The summed E-state index contributed by atoms with van der Waals surface area (Å²) in [4.78, 5) is 22.0. The molecule has 2 aromatic rings. The van der Waals surface area contributed by atoms with Crippen molar-refractivity contribution in [2.45, 2.75) is 4.90 Å². The molecule has 0 unspecified atom stereocenters. The summed E-state index contributed by atoms with van der Waals surface area (Å²) in [6.45, 7) is 0. The maximum absolute atomic E-state index is 12.3. The summed E-state index contributed by atoms with van der Waals surface area (Å²) in [7, 11) is -3.97. The lowest BCUT2D eigenvalue weighted by molar-refractivity contribution is 0.0696. The van der Waals surface area contributed by atoms with E-state index in [1.165, 1.54) is 24.3 Å². The molecular weight excluding hydrogens is 390 g/mol. The molecule has 0 saturated heterocycles. The van der Waals surface area contributed by atoms with Crippen LogP contribution in [0.15, 0.2) is 51.8 Å². The van der Waals surface area contributed by atoms with E-state index in [9.17, 15) is 18.0 Å². The molecule has 3 N–H and O–H groups in total. The minimum absolute atomic E-state index is 0.0432. The summed E-state index contributed by atoms with van der Waals surface area (Å²) in [6, 6.07) is 8.81. The Bertz CT molecular complexity index is 844. The fraction of sp³-hybridized carbons (Fsp3) is 0. The number of sulfonamides is 1. The number of anilines is 1. The Labute approximate surface area is 139 Å². The molecule has 0 spiro atoms. The molecule has 0 aromatic heterocycles. The van der Waals surface area contributed by atoms with Gasteiger partial charge in [-0.25, -0.2) is 18.0 Å². The van der Waals surface area contributed by atoms with E-state index >= 15 is 0 Å². The lowest BCUT2D eigenvalue weighted by Crippen LogP contribution is -2.14. The molecule has 23 heavy (non-hydrogen) atoms. The van der Waals surface area contributed by atoms with Crippen LogP contribution in [-0.4, -0.2) is 30.6 Å². The van der Waals surface area contributed by atoms with E-state index < -0.39 is 22.0 Å². The summed E-state index contributed by atoms with van der Waals surface area (Å²) in [5.41, 5.74) is -0.818. The van der Waals surface area contributed by atoms with Gasteiger partial charge in [0.15, 0.2) is 0 Å². The molecule has 0 radical (unpaired) electrons. The number of aromatic carboxylic acids is 2. The average Bonchev–Trinajstić information content (AvgIpc) is 2.46. The third-order valence-corrected chi connectivity index (χ3v) is 4.73. The van der Waals surface area contributed by atoms with Gasteiger partial charge in [-0.05, 0) is 42.5 Å². The van der Waals surface area contributed by atoms with Crippen LogP contribution in [0, 0.1) is 0 Å². The highest BCUT2D eigenvalue weighted by molar-refractivity contribution is 9.10. The van der Waals surface area contributed by atoms with Gasteiger partial charge >= 0.3 is 11.9 Å². The van der Waals surface area contributed by atoms with Crippen molar-refractivity contribution in [2.75, 3.05) is 4.72 Å². The lowest BCUT2D eigenvalue weighted by Gasteiger charge is -2.10. The Kier molecular flexibility index (Phi) is 4.71. The number of carbonyl (C=O) groups is 2. The number of carboxylic acid groups (broad SMARTS) is 2. The molecule has 0 heterocycles. The standard InChI is InChI=1S/C14H10BrNO6S/c15-10-1-3-12(4-2-10)23(21,22)16-11-6-8(13(17)18)5-9(7-11)14(19)20/h1-7,16H,(H,17,18)(H,19,20). The second-order valence-electron chi connectivity index (χ2n) is 4.47. The van der Waals surface area contributed by atoms with Gasteiger partial charge in [0.2, 0.25) is 0 Å². The molecule has 2 aromatic carbocycles. The van der Waals surface area contributed by atoms with Crippen LogP contribution in [0.2, 0.25) is 0 Å². The van der Waals surface area contributed by atoms with Crippen LogP contribution in [0.5, 0.6) is 0 Å². The Hall–Kier alpha value is -2.39. The van der Waals surface area contributed by atoms with E-state index in [2.05, 4.69) is 20.7 Å². The van der Waals surface area contributed by atoms with E-state index in [1.807, 2.05) is 0 Å². The van der Waals surface area contributed by atoms with Crippen molar-refractivity contribution in [1.82, 2.24) is 0 Å². The smallest absolute Gasteiger partial charge is 0.335 e. The van der Waals surface area contributed by atoms with E-state index in [0.29, 0.717) is 4.47 Å². The molecule has 0 bridgehead atoms. The molecule has 0 amide bonds. The van der Waals surface area contributed by atoms with Crippen molar-refractivity contribution in [2.24, 2.45) is 0 Å². The molecule has 0 fully saturated rings. The first-order chi connectivity index (χ1) is 10.7. The Morgan fingerprint density at radius 3 is 1.83 bits per heavy atom. The van der Waals surface area contributed by atoms with Crippen LogP contribution < -0.4 is 4.72 Å². The van der Waals surface area contributed by atoms with Crippen molar-refractivity contribution in [3.63, 3.8) is 0 Å². The summed E-state index contributed by atoms with van der Waals surface area (Å²) < 4.78 is 27.4. The molecule has 120 valence electrons. The van der Waals surface area contributed by atoms with Gasteiger partial charge in [-0.3, -0.25) is 4.72 Å². The number of nitrogens with one attached hydrogen (secondary N) is 1. The molecule has 0 saturated carbocycles. The zero-order valence-electron chi connectivity index (χ0n) is 11.4. The summed E-state index contributed by atoms with van der Waals surface area (Å²) in [5.74, 6) is -2.73. The number of carboxylic acids is 2. The SMILES string of the molecule is O=C(O)c1cc(NS(=O)(=O)c2ccc(Br)cc2)cc(C(=O)O)c1. The van der Waals surface area contributed by atoms with Gasteiger partial charge in [0.1, 0.15) is 0 Å². The number of hydrogen-bond acceptors (Lipinski definition) is 4. The second kappa shape index (κ2) is 6.39. The maximum atomic E-state index is 12.3. The van der Waals surface area contributed by atoms with Crippen molar-refractivity contribution < 1.29 is 28.2 Å². The van der Waals surface area contributed by atoms with Crippen LogP contribution in [0.3, 0.4) is 0 Å². The predicted octanol–water partition coefficient (Wildman–Crippen LogP) is 2.65. The zero-order chi connectivity index (χ0) is 17.2. The van der Waals surface area contributed by atoms with Gasteiger partial charge in [0, 0.05) is 4.47 Å². The van der Waals surface area contributed by atoms with Gasteiger partial charge in [-0.1, -0.05) is 15.9 Å². The summed E-state index contributed by atoms with van der Waals surface area (Å²) >= 11 is 3.18. The van der Waals surface area contributed by atoms with Gasteiger partial charge in [0.05, 0.1) is 21.7 Å². The van der Waals surface area contributed by atoms with Crippen molar-refractivity contribution in [3.8, 4) is 0 Å². The molecule has 7 nitrogen and oxygen atoms in total. The monoisotopic (exact) mass is 399 g/mol. The van der Waals surface area contributed by atoms with Crippen LogP contribution >= 0.6 is 15.9 Å². The first kappa shape index (κ1) is 17.0. The zero-order valence-corrected chi connectivity index (χ0v) is 13.8. The van der Waals surface area contributed by atoms with Crippen molar-refractivity contribution in [1.29, 1.82) is 0 Å². The number of rotatable bonds is 5. The Morgan fingerprint density at radius 2 is 1.39 bits per heavy atom. The summed E-state index contributed by atoms with van der Waals surface area (Å²) in [5, 5.41) is 18.0. The maximum Gasteiger partial charge on any atom is 0.335 e. The fourth-order valence-electron chi connectivity index (χ4n) is 1.76. The van der Waals surface area contributed by atoms with E-state index in [0.717, 1.165) is 18.2 Å². The number of halogens is 1. The molecule has 0 atom stereocenters. The normalized spacial score (nSPS) is 11.0. The molecule has 0 aliphatic rings. The lowest BCUT2D eigenvalue weighted by atomic mass is 10.1. The van der Waals surface area contributed by atoms with Gasteiger partial charge in [-0.2, -0.15) is 0 Å². The third kappa shape index (κ3) is 4.08. The predicted molar refractivity (Wildman–Crippen MR) is 85.3 cm³/mol. The van der Waals surface area contributed by atoms with Crippen LogP contribution in [0.1, 0.15) is 20.7 Å². The minimum atomic E-state index is -3.97. The van der Waals surface area contributed by atoms with Crippen LogP contribution in [0.25, 0.3) is 0 Å². The van der Waals surface area contributed by atoms with E-state index in [1.54, 1.807) is 0 Å². The highest BCUT2D eigenvalue weighted by Crippen LogP contribution is 2.21. The average molecular weight is 400 g/mol. The van der Waals surface area contributed by atoms with Crippen LogP contribution in [-0.2, 0) is 10.0 Å². The summed E-state index contributed by atoms with van der Waals surface area (Å²) in [6.07, 6.45) is 0. The molecule has 2 rings (SSSR count). The first-order valence-electron chi connectivity index (χ1n) is 6.09. The molecule has 0 aliphatic heterocycles. The van der Waals surface area contributed by atoms with Crippen molar-refractivity contribution >= 4 is 43.6 Å². The topological polar surface area (TPSA) is 121 Å². The largest absolute Gasteiger partial charge is 0.478 e. The van der Waals surface area contributed by atoms with Gasteiger partial charge in [0.25, 0.3) is 10.0 Å². The van der Waals surface area contributed by atoms with Crippen molar-refractivity contribution in [3.05, 3.63) is 58.1 Å². The quantitative estimate of drug-likeness (QED) is 0.710. The fourth-order valence-corrected chi connectivity index (χ4v) is 3.07. The second-order valence-corrected chi connectivity index (χ2v) is 7.07. The highest BCUT2D eigenvalue weighted by Gasteiger charge is 2.17. The minimum Gasteiger partial charge on any atom is -0.478 e. The Balaban J connectivity index is 2.44. The first-order valence-corrected chi connectivity index (χ1v) is 8.37. The third-order valence-electron chi connectivity index (χ3n) is 2.80. The Morgan fingerprint density at radius 1 is 0.913 bits per heavy atom. The molecule has 9 heteroatoms. The van der Waals surface area contributed by atoms with E-state index in [-0.39, 0.29) is 21.7 Å².